The van der Waals surface area contributed by atoms with Gasteiger partial charge in [0.1, 0.15) is 11.5 Å². The van der Waals surface area contributed by atoms with Crippen LogP contribution < -0.4 is 10.1 Å². The Morgan fingerprint density at radius 2 is 1.62 bits per heavy atom. The summed E-state index contributed by atoms with van der Waals surface area (Å²) in [4.78, 5) is 17.3. The van der Waals surface area contributed by atoms with Crippen molar-refractivity contribution in [2.24, 2.45) is 0 Å². The Kier molecular flexibility index (Phi) is 8.77. The number of benzene rings is 2. The lowest BCUT2D eigenvalue weighted by Crippen LogP contribution is -2.37. The van der Waals surface area contributed by atoms with Crippen molar-refractivity contribution in [2.45, 2.75) is 38.9 Å². The van der Waals surface area contributed by atoms with Gasteiger partial charge in [-0.3, -0.25) is 9.69 Å². The third-order valence-corrected chi connectivity index (χ3v) is 6.24. The number of hydrogen-bond donors (Lipinski definition) is 1. The highest BCUT2D eigenvalue weighted by Crippen LogP contribution is 2.18. The van der Waals surface area contributed by atoms with Crippen LogP contribution in [-0.4, -0.2) is 49.0 Å². The molecule has 0 aliphatic carbocycles. The second-order valence-electron chi connectivity index (χ2n) is 8.90. The van der Waals surface area contributed by atoms with Crippen molar-refractivity contribution in [3.63, 3.8) is 0 Å². The van der Waals surface area contributed by atoms with Crippen LogP contribution in [0.25, 0.3) is 0 Å². The van der Waals surface area contributed by atoms with Gasteiger partial charge in [0.25, 0.3) is 5.91 Å². The fourth-order valence-electron chi connectivity index (χ4n) is 4.40. The van der Waals surface area contributed by atoms with Crippen molar-refractivity contribution >= 4 is 5.91 Å². The van der Waals surface area contributed by atoms with Crippen LogP contribution in [0, 0.1) is 0 Å². The zero-order valence-electron chi connectivity index (χ0n) is 20.0. The Hall–Kier alpha value is -3.09. The largest absolute Gasteiger partial charge is 0.497 e. The van der Waals surface area contributed by atoms with Crippen LogP contribution in [0.4, 0.5) is 0 Å². The fraction of sp³-hybridized carbons (Fsp3) is 0.393. The SMILES string of the molecule is COc1ccc(CN(Cc2ccccc2)Cc2ccc(C(=O)NCCN3CCCCC3)o2)cc1. The number of nitrogens with one attached hydrogen (secondary N) is 1. The first kappa shape index (κ1) is 24.0. The predicted octanol–water partition coefficient (Wildman–Crippen LogP) is 4.71. The van der Waals surface area contributed by atoms with Crippen LogP contribution in [-0.2, 0) is 19.6 Å². The summed E-state index contributed by atoms with van der Waals surface area (Å²) < 4.78 is 11.2. The first-order chi connectivity index (χ1) is 16.7. The average molecular weight is 462 g/mol. The molecule has 1 aliphatic rings. The maximum absolute atomic E-state index is 12.6. The van der Waals surface area contributed by atoms with E-state index < -0.39 is 0 Å². The highest BCUT2D eigenvalue weighted by Gasteiger charge is 2.16. The molecule has 1 amide bonds. The van der Waals surface area contributed by atoms with Crippen molar-refractivity contribution in [3.8, 4) is 5.75 Å². The fourth-order valence-corrected chi connectivity index (χ4v) is 4.40. The molecular formula is C28H35N3O3. The summed E-state index contributed by atoms with van der Waals surface area (Å²) in [5, 5.41) is 3.00. The molecule has 0 unspecified atom stereocenters. The van der Waals surface area contributed by atoms with Gasteiger partial charge in [-0.2, -0.15) is 0 Å². The van der Waals surface area contributed by atoms with Crippen molar-refractivity contribution in [1.82, 2.24) is 15.1 Å². The number of hydrogen-bond acceptors (Lipinski definition) is 5. The van der Waals surface area contributed by atoms with Crippen LogP contribution >= 0.6 is 0 Å². The van der Waals surface area contributed by atoms with Gasteiger partial charge in [-0.25, -0.2) is 0 Å². The number of furan rings is 1. The van der Waals surface area contributed by atoms with E-state index in [1.807, 2.05) is 24.3 Å². The number of piperidine rings is 1. The van der Waals surface area contributed by atoms with E-state index in [0.29, 0.717) is 18.8 Å². The molecule has 0 saturated carbocycles. The number of carbonyl (C=O) groups excluding carboxylic acids is 1. The normalized spacial score (nSPS) is 14.3. The van der Waals surface area contributed by atoms with E-state index in [4.69, 9.17) is 9.15 Å². The molecule has 0 spiro atoms. The van der Waals surface area contributed by atoms with Gasteiger partial charge in [-0.05, 0) is 61.3 Å². The lowest BCUT2D eigenvalue weighted by molar-refractivity contribution is 0.0914. The maximum atomic E-state index is 12.6. The smallest absolute Gasteiger partial charge is 0.287 e. The second-order valence-corrected chi connectivity index (χ2v) is 8.90. The van der Waals surface area contributed by atoms with E-state index in [9.17, 15) is 4.79 Å². The summed E-state index contributed by atoms with van der Waals surface area (Å²) in [5.74, 6) is 1.86. The third kappa shape index (κ3) is 7.20. The molecule has 34 heavy (non-hydrogen) atoms. The van der Waals surface area contributed by atoms with Crippen molar-refractivity contribution in [1.29, 1.82) is 0 Å². The summed E-state index contributed by atoms with van der Waals surface area (Å²) in [5.41, 5.74) is 2.43. The Morgan fingerprint density at radius 3 is 2.32 bits per heavy atom. The molecule has 2 aromatic carbocycles. The molecule has 1 saturated heterocycles. The molecule has 3 aromatic rings. The van der Waals surface area contributed by atoms with E-state index in [2.05, 4.69) is 51.5 Å². The molecule has 1 fully saturated rings. The van der Waals surface area contributed by atoms with Crippen LogP contribution in [0.2, 0.25) is 0 Å². The topological polar surface area (TPSA) is 58.0 Å². The molecule has 1 aliphatic heterocycles. The Morgan fingerprint density at radius 1 is 0.912 bits per heavy atom. The standard InChI is InChI=1S/C28H35N3O3/c1-33-25-12-10-24(11-13-25)21-31(20-23-8-4-2-5-9-23)22-26-14-15-27(34-26)28(32)29-16-19-30-17-6-3-7-18-30/h2,4-5,8-15H,3,6-7,16-22H2,1H3,(H,29,32). The van der Waals surface area contributed by atoms with Crippen molar-refractivity contribution in [2.75, 3.05) is 33.3 Å². The van der Waals surface area contributed by atoms with Gasteiger partial charge in [-0.15, -0.1) is 0 Å². The highest BCUT2D eigenvalue weighted by molar-refractivity contribution is 5.91. The number of rotatable bonds is 11. The second kappa shape index (κ2) is 12.4. The molecule has 180 valence electrons. The van der Waals surface area contributed by atoms with Gasteiger partial charge in [0.05, 0.1) is 13.7 Å². The van der Waals surface area contributed by atoms with Crippen LogP contribution in [0.5, 0.6) is 5.75 Å². The zero-order chi connectivity index (χ0) is 23.6. The quantitative estimate of drug-likeness (QED) is 0.448. The molecule has 4 rings (SSSR count). The molecule has 1 N–H and O–H groups in total. The van der Waals surface area contributed by atoms with Gasteiger partial charge in [0.2, 0.25) is 0 Å². The van der Waals surface area contributed by atoms with Crippen molar-refractivity contribution < 1.29 is 13.9 Å². The van der Waals surface area contributed by atoms with E-state index >= 15 is 0 Å². The minimum atomic E-state index is -0.145. The van der Waals surface area contributed by atoms with Crippen molar-refractivity contribution in [3.05, 3.63) is 89.4 Å². The Labute approximate surface area is 202 Å². The van der Waals surface area contributed by atoms with Crippen LogP contribution in [0.1, 0.15) is 46.7 Å². The van der Waals surface area contributed by atoms with Crippen LogP contribution in [0.3, 0.4) is 0 Å². The summed E-state index contributed by atoms with van der Waals surface area (Å²) in [7, 11) is 1.68. The van der Waals surface area contributed by atoms with Gasteiger partial charge < -0.3 is 19.4 Å². The minimum Gasteiger partial charge on any atom is -0.497 e. The molecule has 0 bridgehead atoms. The number of carbonyl (C=O) groups is 1. The zero-order valence-corrected chi connectivity index (χ0v) is 20.0. The molecule has 0 radical (unpaired) electrons. The molecule has 6 heteroatoms. The maximum Gasteiger partial charge on any atom is 0.287 e. The number of nitrogens with zero attached hydrogens (tertiary/aromatic N) is 2. The van der Waals surface area contributed by atoms with Gasteiger partial charge >= 0.3 is 0 Å². The molecule has 1 aromatic heterocycles. The summed E-state index contributed by atoms with van der Waals surface area (Å²) >= 11 is 0. The summed E-state index contributed by atoms with van der Waals surface area (Å²) in [6, 6.07) is 22.2. The Bertz CT molecular complexity index is 1010. The number of likely N-dealkylation sites (tertiary alicyclic amines) is 1. The lowest BCUT2D eigenvalue weighted by atomic mass is 10.1. The monoisotopic (exact) mass is 461 g/mol. The highest BCUT2D eigenvalue weighted by atomic mass is 16.5. The predicted molar refractivity (Wildman–Crippen MR) is 134 cm³/mol. The molecule has 2 heterocycles. The lowest BCUT2D eigenvalue weighted by Gasteiger charge is -2.26. The van der Waals surface area contributed by atoms with Gasteiger partial charge in [0, 0.05) is 26.2 Å². The first-order valence-electron chi connectivity index (χ1n) is 12.2. The van der Waals surface area contributed by atoms with E-state index in [0.717, 1.165) is 44.2 Å². The molecule has 0 atom stereocenters. The summed E-state index contributed by atoms with van der Waals surface area (Å²) in [6.45, 7) is 5.96. The number of ether oxygens (including phenoxy) is 1. The van der Waals surface area contributed by atoms with Gasteiger partial charge in [-0.1, -0.05) is 48.9 Å². The Balaban J connectivity index is 1.35. The minimum absolute atomic E-state index is 0.145. The molecule has 6 nitrogen and oxygen atoms in total. The molecular weight excluding hydrogens is 426 g/mol. The van der Waals surface area contributed by atoms with E-state index in [-0.39, 0.29) is 5.91 Å². The van der Waals surface area contributed by atoms with E-state index in [1.165, 1.54) is 30.4 Å². The van der Waals surface area contributed by atoms with Gasteiger partial charge in [0.15, 0.2) is 5.76 Å². The van der Waals surface area contributed by atoms with E-state index in [1.54, 1.807) is 13.2 Å². The number of amides is 1. The number of methoxy groups -OCH3 is 1. The first-order valence-corrected chi connectivity index (χ1v) is 12.2. The average Bonchev–Trinajstić information content (AvgIpc) is 3.34. The van der Waals surface area contributed by atoms with Crippen LogP contribution in [0.15, 0.2) is 71.1 Å². The summed E-state index contributed by atoms with van der Waals surface area (Å²) in [6.07, 6.45) is 3.83. The third-order valence-electron chi connectivity index (χ3n) is 6.24.